The van der Waals surface area contributed by atoms with Crippen LogP contribution in [0.2, 0.25) is 10.0 Å². The van der Waals surface area contributed by atoms with Crippen LogP contribution >= 0.6 is 23.2 Å². The smallest absolute Gasteiger partial charge is 0.207 e. The van der Waals surface area contributed by atoms with E-state index in [0.29, 0.717) is 10.0 Å². The largest absolute Gasteiger partial charge is 0.370 e. The molecule has 3 nitrogen and oxygen atoms in total. The van der Waals surface area contributed by atoms with Crippen LogP contribution in [0.15, 0.2) is 47.6 Å². The maximum atomic E-state index is 6.12. The van der Waals surface area contributed by atoms with Gasteiger partial charge in [0.2, 0.25) is 6.23 Å². The topological polar surface area (TPSA) is 33.6 Å². The molecule has 0 aromatic heterocycles. The molecule has 2 atom stereocenters. The molecule has 22 heavy (non-hydrogen) atoms. The molecule has 2 heterocycles. The zero-order chi connectivity index (χ0) is 15.3. The van der Waals surface area contributed by atoms with Gasteiger partial charge in [0.05, 0.1) is 21.2 Å². The van der Waals surface area contributed by atoms with Crippen LogP contribution in [0.4, 0.5) is 5.69 Å². The second-order valence-corrected chi connectivity index (χ2v) is 6.75. The van der Waals surface area contributed by atoms with Crippen LogP contribution in [-0.2, 0) is 10.3 Å². The standard InChI is InChI=1S/C17H14Cl2N2O/c1-17-9-15(10-6-7-12(18)13(19)8-10)21-22-16(17)20-14-5-3-2-4-11(14)17/h2-8,16,20H,9H2,1H3. The molecule has 0 radical (unpaired) electrons. The van der Waals surface area contributed by atoms with Crippen molar-refractivity contribution in [2.75, 3.05) is 5.32 Å². The Labute approximate surface area is 138 Å². The maximum Gasteiger partial charge on any atom is 0.207 e. The van der Waals surface area contributed by atoms with Crippen LogP contribution in [0.1, 0.15) is 24.5 Å². The quantitative estimate of drug-likeness (QED) is 0.811. The van der Waals surface area contributed by atoms with E-state index in [1.165, 1.54) is 5.56 Å². The Hall–Kier alpha value is -1.71. The van der Waals surface area contributed by atoms with Gasteiger partial charge in [-0.1, -0.05) is 52.6 Å². The van der Waals surface area contributed by atoms with Gasteiger partial charge in [-0.15, -0.1) is 0 Å². The van der Waals surface area contributed by atoms with Gasteiger partial charge in [-0.25, -0.2) is 0 Å². The molecular formula is C17H14Cl2N2O. The molecule has 5 heteroatoms. The Kier molecular flexibility index (Phi) is 3.10. The zero-order valence-electron chi connectivity index (χ0n) is 11.9. The van der Waals surface area contributed by atoms with Crippen molar-refractivity contribution >= 4 is 34.6 Å². The SMILES string of the molecule is CC12CC(c3ccc(Cl)c(Cl)c3)=NOC1Nc1ccccc12. The normalized spacial score (nSPS) is 25.6. The van der Waals surface area contributed by atoms with Gasteiger partial charge in [0.1, 0.15) is 0 Å². The molecule has 0 saturated heterocycles. The average Bonchev–Trinajstić information content (AvgIpc) is 2.82. The molecule has 1 N–H and O–H groups in total. The van der Waals surface area contributed by atoms with Crippen molar-refractivity contribution in [3.63, 3.8) is 0 Å². The Bertz CT molecular complexity index is 790. The highest BCUT2D eigenvalue weighted by molar-refractivity contribution is 6.42. The first kappa shape index (κ1) is 13.9. The van der Waals surface area contributed by atoms with Crippen LogP contribution in [0, 0.1) is 0 Å². The van der Waals surface area contributed by atoms with Crippen molar-refractivity contribution in [3.8, 4) is 0 Å². The lowest BCUT2D eigenvalue weighted by Crippen LogP contribution is -2.42. The molecule has 2 aliphatic heterocycles. The van der Waals surface area contributed by atoms with E-state index in [9.17, 15) is 0 Å². The highest BCUT2D eigenvalue weighted by Crippen LogP contribution is 2.46. The number of benzene rings is 2. The number of halogens is 2. The average molecular weight is 333 g/mol. The molecule has 0 bridgehead atoms. The Morgan fingerprint density at radius 2 is 2.00 bits per heavy atom. The van der Waals surface area contributed by atoms with Crippen molar-refractivity contribution < 1.29 is 4.84 Å². The number of nitrogens with one attached hydrogen (secondary N) is 1. The van der Waals surface area contributed by atoms with Gasteiger partial charge < -0.3 is 10.2 Å². The molecule has 0 fully saturated rings. The van der Waals surface area contributed by atoms with Crippen molar-refractivity contribution in [1.29, 1.82) is 0 Å². The third kappa shape index (κ3) is 2.00. The van der Waals surface area contributed by atoms with E-state index >= 15 is 0 Å². The maximum absolute atomic E-state index is 6.12. The van der Waals surface area contributed by atoms with Crippen LogP contribution in [0.5, 0.6) is 0 Å². The lowest BCUT2D eigenvalue weighted by atomic mass is 9.77. The van der Waals surface area contributed by atoms with E-state index in [4.69, 9.17) is 28.0 Å². The Morgan fingerprint density at radius 3 is 2.82 bits per heavy atom. The second-order valence-electron chi connectivity index (χ2n) is 5.94. The van der Waals surface area contributed by atoms with Gasteiger partial charge >= 0.3 is 0 Å². The summed E-state index contributed by atoms with van der Waals surface area (Å²) in [5, 5.41) is 8.76. The molecule has 4 rings (SSSR count). The summed E-state index contributed by atoms with van der Waals surface area (Å²) in [6.07, 6.45) is 0.635. The van der Waals surface area contributed by atoms with Gasteiger partial charge in [0, 0.05) is 17.7 Å². The third-order valence-corrected chi connectivity index (χ3v) is 5.20. The molecule has 2 aromatic rings. The molecule has 112 valence electrons. The van der Waals surface area contributed by atoms with Crippen LogP contribution < -0.4 is 5.32 Å². The Balaban J connectivity index is 1.73. The molecule has 0 spiro atoms. The number of anilines is 1. The first-order chi connectivity index (χ1) is 10.6. The number of nitrogens with zero attached hydrogens (tertiary/aromatic N) is 1. The number of fused-ring (bicyclic) bond motifs is 3. The highest BCUT2D eigenvalue weighted by Gasteiger charge is 2.48. The van der Waals surface area contributed by atoms with Gasteiger partial charge in [-0.3, -0.25) is 0 Å². The number of hydrogen-bond acceptors (Lipinski definition) is 3. The van der Waals surface area contributed by atoms with Crippen LogP contribution in [0.25, 0.3) is 0 Å². The van der Waals surface area contributed by atoms with Crippen LogP contribution in [0.3, 0.4) is 0 Å². The van der Waals surface area contributed by atoms with E-state index < -0.39 is 0 Å². The highest BCUT2D eigenvalue weighted by atomic mass is 35.5. The Morgan fingerprint density at radius 1 is 1.18 bits per heavy atom. The summed E-state index contributed by atoms with van der Waals surface area (Å²) < 4.78 is 0. The zero-order valence-corrected chi connectivity index (χ0v) is 13.4. The van der Waals surface area contributed by atoms with Gasteiger partial charge in [0.15, 0.2) is 0 Å². The minimum Gasteiger partial charge on any atom is -0.370 e. The lowest BCUT2D eigenvalue weighted by Gasteiger charge is -2.34. The molecule has 2 unspecified atom stereocenters. The van der Waals surface area contributed by atoms with E-state index in [2.05, 4.69) is 35.6 Å². The summed E-state index contributed by atoms with van der Waals surface area (Å²) in [7, 11) is 0. The first-order valence-corrected chi connectivity index (χ1v) is 7.88. The summed E-state index contributed by atoms with van der Waals surface area (Å²) in [4.78, 5) is 5.73. The summed E-state index contributed by atoms with van der Waals surface area (Å²) in [5.41, 5.74) is 4.04. The number of para-hydroxylation sites is 1. The first-order valence-electron chi connectivity index (χ1n) is 7.12. The van der Waals surface area contributed by atoms with Gasteiger partial charge in [0.25, 0.3) is 0 Å². The van der Waals surface area contributed by atoms with E-state index in [1.54, 1.807) is 6.07 Å². The molecule has 0 saturated carbocycles. The molecule has 2 aromatic carbocycles. The predicted octanol–water partition coefficient (Wildman–Crippen LogP) is 4.83. The fourth-order valence-electron chi connectivity index (χ4n) is 3.21. The fraction of sp³-hybridized carbons (Fsp3) is 0.235. The molecule has 0 amide bonds. The van der Waals surface area contributed by atoms with Crippen molar-refractivity contribution in [3.05, 3.63) is 63.6 Å². The van der Waals surface area contributed by atoms with Crippen LogP contribution in [-0.4, -0.2) is 11.9 Å². The summed E-state index contributed by atoms with van der Waals surface area (Å²) in [6, 6.07) is 13.8. The van der Waals surface area contributed by atoms with E-state index in [1.807, 2.05) is 18.2 Å². The summed E-state index contributed by atoms with van der Waals surface area (Å²) >= 11 is 12.1. The molecule has 0 aliphatic carbocycles. The molecule has 2 aliphatic rings. The van der Waals surface area contributed by atoms with E-state index in [-0.39, 0.29) is 11.6 Å². The predicted molar refractivity (Wildman–Crippen MR) is 89.9 cm³/mol. The lowest BCUT2D eigenvalue weighted by molar-refractivity contribution is 0.0203. The van der Waals surface area contributed by atoms with Gasteiger partial charge in [-0.2, -0.15) is 0 Å². The minimum atomic E-state index is -0.153. The summed E-state index contributed by atoms with van der Waals surface area (Å²) in [6.45, 7) is 2.20. The molecular weight excluding hydrogens is 319 g/mol. The summed E-state index contributed by atoms with van der Waals surface area (Å²) in [5.74, 6) is 0. The number of rotatable bonds is 1. The van der Waals surface area contributed by atoms with Crippen molar-refractivity contribution in [2.24, 2.45) is 5.16 Å². The van der Waals surface area contributed by atoms with E-state index in [0.717, 1.165) is 23.4 Å². The fourth-order valence-corrected chi connectivity index (χ4v) is 3.50. The monoisotopic (exact) mass is 332 g/mol. The van der Waals surface area contributed by atoms with Gasteiger partial charge in [-0.05, 0) is 30.7 Å². The number of hydrogen-bond donors (Lipinski definition) is 1. The third-order valence-electron chi connectivity index (χ3n) is 4.46. The van der Waals surface area contributed by atoms with Crippen molar-refractivity contribution in [2.45, 2.75) is 25.0 Å². The second kappa shape index (κ2) is 4.90. The van der Waals surface area contributed by atoms with Crippen molar-refractivity contribution in [1.82, 2.24) is 0 Å². The number of oxime groups is 1. The minimum absolute atomic E-state index is 0.142.